The van der Waals surface area contributed by atoms with Crippen LogP contribution in [0.1, 0.15) is 5.69 Å². The predicted octanol–water partition coefficient (Wildman–Crippen LogP) is 1.33. The second-order valence-electron chi connectivity index (χ2n) is 2.13. The number of hydrogen-bond donors (Lipinski definition) is 1. The van der Waals surface area contributed by atoms with Crippen LogP contribution in [-0.4, -0.2) is 18.2 Å². The highest BCUT2D eigenvalue weighted by molar-refractivity contribution is 5.53. The maximum atomic E-state index is 11.7. The van der Waals surface area contributed by atoms with Gasteiger partial charge in [-0.3, -0.25) is 0 Å². The fourth-order valence-corrected chi connectivity index (χ4v) is 0.819. The van der Waals surface area contributed by atoms with E-state index in [1.54, 1.807) is 12.1 Å². The molecule has 0 aliphatic carbocycles. The Morgan fingerprint density at radius 3 is 3.17 bits per heavy atom. The number of halogens is 1. The molecule has 0 atom stereocenters. The lowest BCUT2D eigenvalue weighted by Gasteiger charge is -2.03. The molecule has 0 aliphatic heterocycles. The van der Waals surface area contributed by atoms with E-state index in [9.17, 15) is 4.39 Å². The number of alkyl halides is 1. The number of nitrogens with zero attached hydrogens (tertiary/aromatic N) is 2. The van der Waals surface area contributed by atoms with Gasteiger partial charge in [0.25, 0.3) is 0 Å². The van der Waals surface area contributed by atoms with E-state index in [4.69, 9.17) is 5.26 Å². The minimum Gasteiger partial charge on any atom is -0.380 e. The van der Waals surface area contributed by atoms with E-state index in [-0.39, 0.29) is 6.54 Å². The molecule has 1 heterocycles. The molecule has 0 spiro atoms. The molecule has 1 N–H and O–H groups in total. The van der Waals surface area contributed by atoms with Gasteiger partial charge in [-0.15, -0.1) is 0 Å². The van der Waals surface area contributed by atoms with E-state index >= 15 is 0 Å². The lowest BCUT2D eigenvalue weighted by molar-refractivity contribution is 0.512. The molecule has 0 fully saturated rings. The molecular weight excluding hydrogens is 157 g/mol. The van der Waals surface area contributed by atoms with Crippen LogP contribution in [0.5, 0.6) is 0 Å². The van der Waals surface area contributed by atoms with Gasteiger partial charge in [0, 0.05) is 12.7 Å². The van der Waals surface area contributed by atoms with Gasteiger partial charge >= 0.3 is 0 Å². The second kappa shape index (κ2) is 4.29. The molecule has 1 rings (SSSR count). The SMILES string of the molecule is N#Cc1ncccc1NCCF. The van der Waals surface area contributed by atoms with Gasteiger partial charge in [0.05, 0.1) is 5.69 Å². The molecule has 0 amide bonds. The van der Waals surface area contributed by atoms with Gasteiger partial charge in [-0.25, -0.2) is 9.37 Å². The Hall–Kier alpha value is -1.63. The third-order valence-corrected chi connectivity index (χ3v) is 1.32. The largest absolute Gasteiger partial charge is 0.380 e. The molecule has 3 nitrogen and oxygen atoms in total. The van der Waals surface area contributed by atoms with Crippen molar-refractivity contribution in [3.05, 3.63) is 24.0 Å². The van der Waals surface area contributed by atoms with E-state index in [2.05, 4.69) is 10.3 Å². The maximum absolute atomic E-state index is 11.7. The molecule has 0 bridgehead atoms. The fraction of sp³-hybridized carbons (Fsp3) is 0.250. The summed E-state index contributed by atoms with van der Waals surface area (Å²) in [5.74, 6) is 0. The van der Waals surface area contributed by atoms with E-state index in [1.165, 1.54) is 6.20 Å². The van der Waals surface area contributed by atoms with Gasteiger partial charge in [0.15, 0.2) is 5.69 Å². The molecule has 4 heteroatoms. The highest BCUT2D eigenvalue weighted by atomic mass is 19.1. The molecule has 0 unspecified atom stereocenters. The minimum atomic E-state index is -0.459. The third kappa shape index (κ3) is 1.92. The van der Waals surface area contributed by atoms with Crippen LogP contribution in [0.4, 0.5) is 10.1 Å². The standard InChI is InChI=1S/C8H8FN3/c9-3-5-12-7-2-1-4-11-8(7)6-10/h1-2,4,12H,3,5H2. The van der Waals surface area contributed by atoms with E-state index in [0.717, 1.165) is 0 Å². The number of nitrogens with one attached hydrogen (secondary N) is 1. The van der Waals surface area contributed by atoms with Crippen LogP contribution in [0.2, 0.25) is 0 Å². The average molecular weight is 165 g/mol. The van der Waals surface area contributed by atoms with E-state index in [1.807, 2.05) is 6.07 Å². The van der Waals surface area contributed by atoms with Crippen LogP contribution in [0.15, 0.2) is 18.3 Å². The Kier molecular flexibility index (Phi) is 3.03. The summed E-state index contributed by atoms with van der Waals surface area (Å²) < 4.78 is 11.7. The van der Waals surface area contributed by atoms with Crippen LogP contribution >= 0.6 is 0 Å². The molecule has 62 valence electrons. The molecule has 0 aromatic carbocycles. The van der Waals surface area contributed by atoms with Crippen molar-refractivity contribution < 1.29 is 4.39 Å². The Bertz CT molecular complexity index is 293. The number of anilines is 1. The van der Waals surface area contributed by atoms with Crippen molar-refractivity contribution in [1.29, 1.82) is 5.26 Å². The first-order valence-electron chi connectivity index (χ1n) is 3.53. The molecule has 0 aliphatic rings. The minimum absolute atomic E-state index is 0.209. The molecule has 1 aromatic rings. The van der Waals surface area contributed by atoms with Gasteiger partial charge in [-0.2, -0.15) is 5.26 Å². The Balaban J connectivity index is 2.77. The normalized spacial score (nSPS) is 9.00. The summed E-state index contributed by atoms with van der Waals surface area (Å²) in [4.78, 5) is 3.80. The predicted molar refractivity (Wildman–Crippen MR) is 43.4 cm³/mol. The first-order chi connectivity index (χ1) is 5.88. The van der Waals surface area contributed by atoms with Gasteiger partial charge in [0.1, 0.15) is 12.7 Å². The number of nitriles is 1. The summed E-state index contributed by atoms with van der Waals surface area (Å²) in [6.45, 7) is -0.250. The van der Waals surface area contributed by atoms with Gasteiger partial charge in [-0.1, -0.05) is 0 Å². The topological polar surface area (TPSA) is 48.7 Å². The van der Waals surface area contributed by atoms with Crippen LogP contribution < -0.4 is 5.32 Å². The zero-order chi connectivity index (χ0) is 8.81. The Labute approximate surface area is 69.9 Å². The zero-order valence-electron chi connectivity index (χ0n) is 6.42. The van der Waals surface area contributed by atoms with Crippen molar-refractivity contribution >= 4 is 5.69 Å². The summed E-state index contributed by atoms with van der Waals surface area (Å²) >= 11 is 0. The molecule has 0 radical (unpaired) electrons. The third-order valence-electron chi connectivity index (χ3n) is 1.32. The number of rotatable bonds is 3. The highest BCUT2D eigenvalue weighted by Gasteiger charge is 1.99. The van der Waals surface area contributed by atoms with Crippen LogP contribution in [-0.2, 0) is 0 Å². The Morgan fingerprint density at radius 2 is 2.50 bits per heavy atom. The van der Waals surface area contributed by atoms with Gasteiger partial charge in [0.2, 0.25) is 0 Å². The summed E-state index contributed by atoms with van der Waals surface area (Å²) in [7, 11) is 0. The maximum Gasteiger partial charge on any atom is 0.163 e. The number of pyridine rings is 1. The Morgan fingerprint density at radius 1 is 1.67 bits per heavy atom. The average Bonchev–Trinajstić information content (AvgIpc) is 2.15. The molecule has 12 heavy (non-hydrogen) atoms. The summed E-state index contributed by atoms with van der Waals surface area (Å²) in [5.41, 5.74) is 0.878. The quantitative estimate of drug-likeness (QED) is 0.735. The van der Waals surface area contributed by atoms with Crippen molar-refractivity contribution in [1.82, 2.24) is 4.98 Å². The highest BCUT2D eigenvalue weighted by Crippen LogP contribution is 2.09. The molecular formula is C8H8FN3. The van der Waals surface area contributed by atoms with Crippen LogP contribution in [0, 0.1) is 11.3 Å². The number of aromatic nitrogens is 1. The van der Waals surface area contributed by atoms with E-state index < -0.39 is 6.67 Å². The van der Waals surface area contributed by atoms with Crippen molar-refractivity contribution in [2.45, 2.75) is 0 Å². The smallest absolute Gasteiger partial charge is 0.163 e. The zero-order valence-corrected chi connectivity index (χ0v) is 6.42. The van der Waals surface area contributed by atoms with Gasteiger partial charge in [-0.05, 0) is 12.1 Å². The van der Waals surface area contributed by atoms with E-state index in [0.29, 0.717) is 11.4 Å². The monoisotopic (exact) mass is 165 g/mol. The summed E-state index contributed by atoms with van der Waals surface area (Å²) in [6, 6.07) is 5.30. The van der Waals surface area contributed by atoms with Crippen molar-refractivity contribution in [3.8, 4) is 6.07 Å². The molecule has 0 saturated heterocycles. The molecule has 0 saturated carbocycles. The lowest BCUT2D eigenvalue weighted by atomic mass is 10.3. The summed E-state index contributed by atoms with van der Waals surface area (Å²) in [5, 5.41) is 11.3. The summed E-state index contributed by atoms with van der Waals surface area (Å²) in [6.07, 6.45) is 1.53. The fourth-order valence-electron chi connectivity index (χ4n) is 0.819. The van der Waals surface area contributed by atoms with Crippen LogP contribution in [0.25, 0.3) is 0 Å². The second-order valence-corrected chi connectivity index (χ2v) is 2.13. The van der Waals surface area contributed by atoms with Crippen molar-refractivity contribution in [2.24, 2.45) is 0 Å². The first kappa shape index (κ1) is 8.47. The van der Waals surface area contributed by atoms with Gasteiger partial charge < -0.3 is 5.32 Å². The molecule has 1 aromatic heterocycles. The van der Waals surface area contributed by atoms with Crippen LogP contribution in [0.3, 0.4) is 0 Å². The van der Waals surface area contributed by atoms with Crippen molar-refractivity contribution in [3.63, 3.8) is 0 Å². The first-order valence-corrected chi connectivity index (χ1v) is 3.53. The van der Waals surface area contributed by atoms with Crippen molar-refractivity contribution in [2.75, 3.05) is 18.5 Å². The lowest BCUT2D eigenvalue weighted by Crippen LogP contribution is -2.05. The number of hydrogen-bond acceptors (Lipinski definition) is 3.